The fourth-order valence-electron chi connectivity index (χ4n) is 3.74. The fourth-order valence-corrected chi connectivity index (χ4v) is 3.74. The van der Waals surface area contributed by atoms with Gasteiger partial charge in [0.25, 0.3) is 0 Å². The Labute approximate surface area is 151 Å². The number of nitrogens with one attached hydrogen (secondary N) is 1. The minimum Gasteiger partial charge on any atom is -0.326 e. The minimum absolute atomic E-state index is 0.0504. The number of piperidine rings is 1. The van der Waals surface area contributed by atoms with Gasteiger partial charge >= 0.3 is 0 Å². The maximum Gasteiger partial charge on any atom is 0.227 e. The van der Waals surface area contributed by atoms with E-state index in [0.717, 1.165) is 31.6 Å². The van der Waals surface area contributed by atoms with Gasteiger partial charge in [-0.05, 0) is 56.5 Å². The van der Waals surface area contributed by atoms with Crippen molar-refractivity contribution in [2.75, 3.05) is 18.4 Å². The van der Waals surface area contributed by atoms with E-state index in [1.165, 1.54) is 5.56 Å². The standard InChI is InChI=1S/C22H28N2O/c1-17(22(25)23-21-11-7-4-8-12-21)19-13-15-24(16-14-19)18(2)20-9-5-3-6-10-20/h3-12,17-19H,13-16H2,1-2H3,(H,23,25). The summed E-state index contributed by atoms with van der Waals surface area (Å²) in [5.74, 6) is 0.651. The molecule has 0 saturated carbocycles. The topological polar surface area (TPSA) is 32.3 Å². The van der Waals surface area contributed by atoms with Crippen molar-refractivity contribution < 1.29 is 4.79 Å². The highest BCUT2D eigenvalue weighted by Crippen LogP contribution is 2.30. The lowest BCUT2D eigenvalue weighted by Gasteiger charge is -2.38. The maximum absolute atomic E-state index is 12.5. The first-order chi connectivity index (χ1) is 12.1. The summed E-state index contributed by atoms with van der Waals surface area (Å²) < 4.78 is 0. The van der Waals surface area contributed by atoms with Crippen molar-refractivity contribution in [1.29, 1.82) is 0 Å². The Kier molecular flexibility index (Phi) is 5.87. The first-order valence-corrected chi connectivity index (χ1v) is 9.30. The van der Waals surface area contributed by atoms with Crippen LogP contribution >= 0.6 is 0 Å². The van der Waals surface area contributed by atoms with Crippen LogP contribution in [0.15, 0.2) is 60.7 Å². The van der Waals surface area contributed by atoms with Crippen LogP contribution in [0.25, 0.3) is 0 Å². The van der Waals surface area contributed by atoms with Crippen LogP contribution in [-0.4, -0.2) is 23.9 Å². The number of benzene rings is 2. The number of para-hydroxylation sites is 1. The average molecular weight is 336 g/mol. The molecule has 0 aliphatic carbocycles. The summed E-state index contributed by atoms with van der Waals surface area (Å²) in [6, 6.07) is 20.9. The molecule has 1 saturated heterocycles. The van der Waals surface area contributed by atoms with Gasteiger partial charge in [-0.2, -0.15) is 0 Å². The number of anilines is 1. The van der Waals surface area contributed by atoms with Crippen molar-refractivity contribution >= 4 is 11.6 Å². The number of nitrogens with zero attached hydrogens (tertiary/aromatic N) is 1. The number of hydrogen-bond donors (Lipinski definition) is 1. The zero-order chi connectivity index (χ0) is 17.6. The zero-order valence-electron chi connectivity index (χ0n) is 15.2. The number of hydrogen-bond acceptors (Lipinski definition) is 2. The van der Waals surface area contributed by atoms with Crippen molar-refractivity contribution in [3.8, 4) is 0 Å². The summed E-state index contributed by atoms with van der Waals surface area (Å²) in [6.07, 6.45) is 2.17. The lowest BCUT2D eigenvalue weighted by Crippen LogP contribution is -2.39. The van der Waals surface area contributed by atoms with E-state index in [1.807, 2.05) is 30.3 Å². The molecule has 3 rings (SSSR count). The lowest BCUT2D eigenvalue weighted by atomic mass is 9.84. The number of rotatable bonds is 5. The van der Waals surface area contributed by atoms with Crippen molar-refractivity contribution in [3.63, 3.8) is 0 Å². The van der Waals surface area contributed by atoms with Gasteiger partial charge in [-0.15, -0.1) is 0 Å². The van der Waals surface area contributed by atoms with Gasteiger partial charge < -0.3 is 5.32 Å². The Morgan fingerprint density at radius 3 is 2.12 bits per heavy atom. The smallest absolute Gasteiger partial charge is 0.227 e. The third-order valence-corrected chi connectivity index (χ3v) is 5.57. The molecule has 132 valence electrons. The monoisotopic (exact) mass is 336 g/mol. The number of carbonyl (C=O) groups excluding carboxylic acids is 1. The molecule has 1 aliphatic rings. The van der Waals surface area contributed by atoms with Gasteiger partial charge in [0.15, 0.2) is 0 Å². The number of carbonyl (C=O) groups is 1. The molecule has 0 bridgehead atoms. The molecule has 3 nitrogen and oxygen atoms in total. The highest BCUT2D eigenvalue weighted by Gasteiger charge is 2.30. The van der Waals surface area contributed by atoms with E-state index >= 15 is 0 Å². The largest absolute Gasteiger partial charge is 0.326 e. The van der Waals surface area contributed by atoms with E-state index in [9.17, 15) is 4.79 Å². The van der Waals surface area contributed by atoms with E-state index in [4.69, 9.17) is 0 Å². The molecule has 1 aliphatic heterocycles. The van der Waals surface area contributed by atoms with E-state index in [1.54, 1.807) is 0 Å². The van der Waals surface area contributed by atoms with E-state index < -0.39 is 0 Å². The molecular weight excluding hydrogens is 308 g/mol. The number of likely N-dealkylation sites (tertiary alicyclic amines) is 1. The summed E-state index contributed by atoms with van der Waals surface area (Å²) in [5, 5.41) is 3.05. The predicted molar refractivity (Wildman–Crippen MR) is 103 cm³/mol. The molecule has 2 unspecified atom stereocenters. The summed E-state index contributed by atoms with van der Waals surface area (Å²) in [6.45, 7) is 6.47. The average Bonchev–Trinajstić information content (AvgIpc) is 2.68. The predicted octanol–water partition coefficient (Wildman–Crippen LogP) is 4.73. The summed E-state index contributed by atoms with van der Waals surface area (Å²) in [4.78, 5) is 15.1. The normalized spacial score (nSPS) is 18.5. The van der Waals surface area contributed by atoms with Gasteiger partial charge in [0.1, 0.15) is 0 Å². The quantitative estimate of drug-likeness (QED) is 0.856. The highest BCUT2D eigenvalue weighted by molar-refractivity contribution is 5.92. The van der Waals surface area contributed by atoms with Gasteiger partial charge in [0, 0.05) is 17.6 Å². The van der Waals surface area contributed by atoms with Crippen molar-refractivity contribution in [1.82, 2.24) is 4.90 Å². The van der Waals surface area contributed by atoms with Crippen LogP contribution in [0.3, 0.4) is 0 Å². The molecule has 1 amide bonds. The molecule has 0 aromatic heterocycles. The lowest BCUT2D eigenvalue weighted by molar-refractivity contribution is -0.121. The molecule has 0 spiro atoms. The van der Waals surface area contributed by atoms with Gasteiger partial charge in [-0.25, -0.2) is 0 Å². The van der Waals surface area contributed by atoms with Crippen molar-refractivity contribution in [2.24, 2.45) is 11.8 Å². The molecule has 2 aromatic rings. The Hall–Kier alpha value is -2.13. The van der Waals surface area contributed by atoms with E-state index in [2.05, 4.69) is 54.4 Å². The second-order valence-corrected chi connectivity index (χ2v) is 7.10. The second-order valence-electron chi connectivity index (χ2n) is 7.10. The second kappa shape index (κ2) is 8.30. The summed E-state index contributed by atoms with van der Waals surface area (Å²) in [5.41, 5.74) is 2.25. The Morgan fingerprint density at radius 2 is 1.52 bits per heavy atom. The van der Waals surface area contributed by atoms with E-state index in [-0.39, 0.29) is 11.8 Å². The Balaban J connectivity index is 1.52. The fraction of sp³-hybridized carbons (Fsp3) is 0.409. The first kappa shape index (κ1) is 17.7. The molecule has 2 atom stereocenters. The van der Waals surface area contributed by atoms with Crippen LogP contribution in [0.4, 0.5) is 5.69 Å². The summed E-state index contributed by atoms with van der Waals surface area (Å²) >= 11 is 0. The molecule has 1 N–H and O–H groups in total. The van der Waals surface area contributed by atoms with Gasteiger partial charge in [-0.1, -0.05) is 55.5 Å². The van der Waals surface area contributed by atoms with Crippen LogP contribution in [0, 0.1) is 11.8 Å². The van der Waals surface area contributed by atoms with Crippen LogP contribution in [-0.2, 0) is 4.79 Å². The van der Waals surface area contributed by atoms with Crippen LogP contribution in [0.2, 0.25) is 0 Å². The van der Waals surface area contributed by atoms with Crippen LogP contribution in [0.1, 0.15) is 38.3 Å². The van der Waals surface area contributed by atoms with Gasteiger partial charge in [0.05, 0.1) is 0 Å². The molecular formula is C22H28N2O. The third-order valence-electron chi connectivity index (χ3n) is 5.57. The van der Waals surface area contributed by atoms with Crippen LogP contribution < -0.4 is 5.32 Å². The zero-order valence-corrected chi connectivity index (χ0v) is 15.2. The molecule has 1 fully saturated rings. The third kappa shape index (κ3) is 4.49. The molecule has 3 heteroatoms. The van der Waals surface area contributed by atoms with Crippen LogP contribution in [0.5, 0.6) is 0 Å². The summed E-state index contributed by atoms with van der Waals surface area (Å²) in [7, 11) is 0. The first-order valence-electron chi connectivity index (χ1n) is 9.30. The molecule has 0 radical (unpaired) electrons. The molecule has 1 heterocycles. The van der Waals surface area contributed by atoms with E-state index in [0.29, 0.717) is 12.0 Å². The molecule has 25 heavy (non-hydrogen) atoms. The highest BCUT2D eigenvalue weighted by atomic mass is 16.1. The van der Waals surface area contributed by atoms with Crippen molar-refractivity contribution in [2.45, 2.75) is 32.7 Å². The van der Waals surface area contributed by atoms with Gasteiger partial charge in [0.2, 0.25) is 5.91 Å². The maximum atomic E-state index is 12.5. The van der Waals surface area contributed by atoms with Gasteiger partial charge in [-0.3, -0.25) is 9.69 Å². The molecule has 2 aromatic carbocycles. The minimum atomic E-state index is 0.0504. The SMILES string of the molecule is CC(C(=O)Nc1ccccc1)C1CCN(C(C)c2ccccc2)CC1. The number of amides is 1. The Bertz CT molecular complexity index is 663. The van der Waals surface area contributed by atoms with Crippen molar-refractivity contribution in [3.05, 3.63) is 66.2 Å². The Morgan fingerprint density at radius 1 is 0.960 bits per heavy atom.